The van der Waals surface area contributed by atoms with E-state index in [2.05, 4.69) is 29.2 Å². The molecule has 0 radical (unpaired) electrons. The van der Waals surface area contributed by atoms with Gasteiger partial charge in [-0.25, -0.2) is 15.8 Å². The van der Waals surface area contributed by atoms with E-state index < -0.39 is 0 Å². The summed E-state index contributed by atoms with van der Waals surface area (Å²) in [6, 6.07) is 0.173. The molecule has 3 N–H and O–H groups in total. The molecule has 0 aromatic carbocycles. The Morgan fingerprint density at radius 1 is 1.39 bits per heavy atom. The van der Waals surface area contributed by atoms with E-state index in [1.807, 2.05) is 6.92 Å². The van der Waals surface area contributed by atoms with Gasteiger partial charge in [0.05, 0.1) is 12.4 Å². The van der Waals surface area contributed by atoms with Crippen LogP contribution in [0.3, 0.4) is 0 Å². The van der Waals surface area contributed by atoms with Crippen LogP contribution in [0.4, 0.5) is 5.82 Å². The minimum atomic E-state index is -0.126. The summed E-state index contributed by atoms with van der Waals surface area (Å²) in [5.41, 5.74) is 2.70. The molecule has 0 saturated heterocycles. The van der Waals surface area contributed by atoms with Gasteiger partial charge in [-0.3, -0.25) is 4.79 Å². The lowest BCUT2D eigenvalue weighted by atomic mass is 10.0. The lowest BCUT2D eigenvalue weighted by molar-refractivity contribution is 0.0722. The molecule has 0 aliphatic rings. The fourth-order valence-corrected chi connectivity index (χ4v) is 1.73. The number of hydrazine groups is 1. The first-order valence-electron chi connectivity index (χ1n) is 6.01. The molecular formula is C12H21N5O. The van der Waals surface area contributed by atoms with Crippen molar-refractivity contribution in [1.29, 1.82) is 0 Å². The highest BCUT2D eigenvalue weighted by Crippen LogP contribution is 2.12. The van der Waals surface area contributed by atoms with E-state index in [-0.39, 0.29) is 11.9 Å². The molecule has 0 spiro atoms. The fourth-order valence-electron chi connectivity index (χ4n) is 1.73. The van der Waals surface area contributed by atoms with E-state index in [1.165, 1.54) is 12.4 Å². The van der Waals surface area contributed by atoms with E-state index in [1.54, 1.807) is 11.9 Å². The van der Waals surface area contributed by atoms with Crippen LogP contribution in [0.1, 0.15) is 37.7 Å². The second-order valence-corrected chi connectivity index (χ2v) is 4.83. The van der Waals surface area contributed by atoms with Gasteiger partial charge < -0.3 is 10.3 Å². The lowest BCUT2D eigenvalue weighted by Gasteiger charge is -2.25. The number of rotatable bonds is 5. The zero-order chi connectivity index (χ0) is 13.7. The largest absolute Gasteiger partial charge is 0.338 e. The smallest absolute Gasteiger partial charge is 0.274 e. The monoisotopic (exact) mass is 251 g/mol. The molecular weight excluding hydrogens is 230 g/mol. The molecule has 1 aromatic heterocycles. The van der Waals surface area contributed by atoms with Gasteiger partial charge in [0.15, 0.2) is 5.82 Å². The molecule has 0 saturated carbocycles. The van der Waals surface area contributed by atoms with Crippen molar-refractivity contribution in [2.45, 2.75) is 33.2 Å². The number of nitrogen functional groups attached to an aromatic ring is 1. The van der Waals surface area contributed by atoms with Crippen LogP contribution >= 0.6 is 0 Å². The predicted molar refractivity (Wildman–Crippen MR) is 70.9 cm³/mol. The summed E-state index contributed by atoms with van der Waals surface area (Å²) in [5.74, 6) is 6.05. The lowest BCUT2D eigenvalue weighted by Crippen LogP contribution is -2.36. The summed E-state index contributed by atoms with van der Waals surface area (Å²) < 4.78 is 0. The number of amides is 1. The molecule has 6 heteroatoms. The van der Waals surface area contributed by atoms with Crippen LogP contribution in [0.15, 0.2) is 12.4 Å². The van der Waals surface area contributed by atoms with Crippen LogP contribution in [0.5, 0.6) is 0 Å². The second-order valence-electron chi connectivity index (χ2n) is 4.83. The maximum absolute atomic E-state index is 12.1. The summed E-state index contributed by atoms with van der Waals surface area (Å²) in [7, 11) is 1.78. The van der Waals surface area contributed by atoms with Crippen LogP contribution < -0.4 is 11.3 Å². The highest BCUT2D eigenvalue weighted by Gasteiger charge is 2.19. The Balaban J connectivity index is 2.73. The summed E-state index contributed by atoms with van der Waals surface area (Å²) >= 11 is 0. The maximum atomic E-state index is 12.1. The molecule has 1 heterocycles. The summed E-state index contributed by atoms with van der Waals surface area (Å²) in [4.78, 5) is 21.8. The van der Waals surface area contributed by atoms with Crippen molar-refractivity contribution in [2.24, 2.45) is 11.8 Å². The fraction of sp³-hybridized carbons (Fsp3) is 0.583. The minimum Gasteiger partial charge on any atom is -0.338 e. The SMILES string of the molecule is CC(C)CC(C)N(C)C(=O)c1cnc(NN)cn1. The van der Waals surface area contributed by atoms with Gasteiger partial charge in [-0.1, -0.05) is 13.8 Å². The van der Waals surface area contributed by atoms with Crippen molar-refractivity contribution in [1.82, 2.24) is 14.9 Å². The molecule has 0 aliphatic heterocycles. The van der Waals surface area contributed by atoms with Crippen molar-refractivity contribution in [3.8, 4) is 0 Å². The Bertz CT molecular complexity index is 390. The van der Waals surface area contributed by atoms with Gasteiger partial charge in [0.25, 0.3) is 5.91 Å². The van der Waals surface area contributed by atoms with E-state index in [4.69, 9.17) is 5.84 Å². The van der Waals surface area contributed by atoms with E-state index >= 15 is 0 Å². The van der Waals surface area contributed by atoms with Gasteiger partial charge in [0.1, 0.15) is 5.69 Å². The number of nitrogens with two attached hydrogens (primary N) is 1. The molecule has 0 bridgehead atoms. The Hall–Kier alpha value is -1.69. The van der Waals surface area contributed by atoms with Crippen LogP contribution in [0, 0.1) is 5.92 Å². The summed E-state index contributed by atoms with van der Waals surface area (Å²) in [6.07, 6.45) is 3.82. The molecule has 100 valence electrons. The first-order chi connectivity index (χ1) is 8.45. The van der Waals surface area contributed by atoms with Crippen LogP contribution in [-0.2, 0) is 0 Å². The predicted octanol–water partition coefficient (Wildman–Crippen LogP) is 1.27. The van der Waals surface area contributed by atoms with E-state index in [9.17, 15) is 4.79 Å². The minimum absolute atomic E-state index is 0.126. The standard InChI is InChI=1S/C12H21N5O/c1-8(2)5-9(3)17(4)12(18)10-6-15-11(16-13)7-14-10/h6-9H,5,13H2,1-4H3,(H,15,16). The third-order valence-electron chi connectivity index (χ3n) is 2.81. The topological polar surface area (TPSA) is 84.1 Å². The zero-order valence-corrected chi connectivity index (χ0v) is 11.3. The molecule has 0 aliphatic carbocycles. The molecule has 1 aromatic rings. The maximum Gasteiger partial charge on any atom is 0.274 e. The molecule has 1 atom stereocenters. The number of aromatic nitrogens is 2. The van der Waals surface area contributed by atoms with Crippen molar-refractivity contribution < 1.29 is 4.79 Å². The molecule has 6 nitrogen and oxygen atoms in total. The van der Waals surface area contributed by atoms with Crippen molar-refractivity contribution in [3.05, 3.63) is 18.1 Å². The van der Waals surface area contributed by atoms with Gasteiger partial charge in [-0.15, -0.1) is 0 Å². The number of carbonyl (C=O) groups is 1. The number of hydrogen-bond acceptors (Lipinski definition) is 5. The van der Waals surface area contributed by atoms with Gasteiger partial charge in [0, 0.05) is 13.1 Å². The van der Waals surface area contributed by atoms with Crippen LogP contribution in [0.25, 0.3) is 0 Å². The Morgan fingerprint density at radius 3 is 2.50 bits per heavy atom. The van der Waals surface area contributed by atoms with Gasteiger partial charge in [0.2, 0.25) is 0 Å². The number of hydrogen-bond donors (Lipinski definition) is 2. The molecule has 0 fully saturated rings. The third-order valence-corrected chi connectivity index (χ3v) is 2.81. The Labute approximate surface area is 108 Å². The van der Waals surface area contributed by atoms with Gasteiger partial charge in [-0.05, 0) is 19.3 Å². The molecule has 1 rings (SSSR count). The second kappa shape index (κ2) is 6.30. The van der Waals surface area contributed by atoms with Gasteiger partial charge >= 0.3 is 0 Å². The first kappa shape index (κ1) is 14.4. The van der Waals surface area contributed by atoms with Crippen molar-refractivity contribution in [2.75, 3.05) is 12.5 Å². The average Bonchev–Trinajstić information content (AvgIpc) is 2.36. The van der Waals surface area contributed by atoms with Crippen molar-refractivity contribution in [3.63, 3.8) is 0 Å². The number of nitrogens with zero attached hydrogens (tertiary/aromatic N) is 3. The van der Waals surface area contributed by atoms with Gasteiger partial charge in [-0.2, -0.15) is 0 Å². The quantitative estimate of drug-likeness (QED) is 0.608. The molecule has 1 unspecified atom stereocenters. The number of anilines is 1. The van der Waals surface area contributed by atoms with E-state index in [0.29, 0.717) is 17.4 Å². The third kappa shape index (κ3) is 3.66. The average molecular weight is 251 g/mol. The van der Waals surface area contributed by atoms with Crippen molar-refractivity contribution >= 4 is 11.7 Å². The highest BCUT2D eigenvalue weighted by molar-refractivity contribution is 5.92. The number of nitrogens with one attached hydrogen (secondary N) is 1. The Kier molecular flexibility index (Phi) is 5.03. The number of carbonyl (C=O) groups excluding carboxylic acids is 1. The molecule has 1 amide bonds. The van der Waals surface area contributed by atoms with Crippen LogP contribution in [0.2, 0.25) is 0 Å². The van der Waals surface area contributed by atoms with E-state index in [0.717, 1.165) is 6.42 Å². The summed E-state index contributed by atoms with van der Waals surface area (Å²) in [6.45, 7) is 6.30. The first-order valence-corrected chi connectivity index (χ1v) is 6.01. The molecule has 18 heavy (non-hydrogen) atoms. The zero-order valence-electron chi connectivity index (χ0n) is 11.3. The van der Waals surface area contributed by atoms with Crippen LogP contribution in [-0.4, -0.2) is 33.9 Å². The normalized spacial score (nSPS) is 12.3. The highest BCUT2D eigenvalue weighted by atomic mass is 16.2. The Morgan fingerprint density at radius 2 is 2.06 bits per heavy atom. The summed E-state index contributed by atoms with van der Waals surface area (Å²) in [5, 5.41) is 0.